The highest BCUT2D eigenvalue weighted by Gasteiger charge is 2.36. The average molecular weight is 303 g/mol. The second-order valence-corrected chi connectivity index (χ2v) is 6.59. The largest absolute Gasteiger partial charge is 0.480 e. The van der Waals surface area contributed by atoms with Crippen LogP contribution in [0.2, 0.25) is 0 Å². The number of aliphatic carboxylic acids is 1. The molecule has 4 nitrogen and oxygen atoms in total. The molecule has 22 heavy (non-hydrogen) atoms. The first kappa shape index (κ1) is 16.5. The van der Waals surface area contributed by atoms with E-state index >= 15 is 0 Å². The second-order valence-electron chi connectivity index (χ2n) is 6.59. The Balaban J connectivity index is 2.15. The van der Waals surface area contributed by atoms with Crippen molar-refractivity contribution in [2.45, 2.75) is 52.0 Å². The molecule has 1 fully saturated rings. The minimum atomic E-state index is -0.897. The zero-order chi connectivity index (χ0) is 16.3. The Kier molecular flexibility index (Phi) is 5.22. The minimum absolute atomic E-state index is 0.0772. The summed E-state index contributed by atoms with van der Waals surface area (Å²) in [4.78, 5) is 25.4. The molecule has 1 aliphatic heterocycles. The van der Waals surface area contributed by atoms with E-state index in [4.69, 9.17) is 0 Å². The smallest absolute Gasteiger partial charge is 0.326 e. The van der Waals surface area contributed by atoms with Crippen LogP contribution < -0.4 is 0 Å². The molecule has 2 rings (SSSR count). The van der Waals surface area contributed by atoms with Gasteiger partial charge in [0.2, 0.25) is 5.91 Å². The molecule has 1 heterocycles. The van der Waals surface area contributed by atoms with Crippen molar-refractivity contribution in [1.29, 1.82) is 0 Å². The van der Waals surface area contributed by atoms with Crippen molar-refractivity contribution in [3.8, 4) is 0 Å². The maximum absolute atomic E-state index is 12.7. The molecule has 4 heteroatoms. The van der Waals surface area contributed by atoms with Crippen LogP contribution in [0.25, 0.3) is 0 Å². The van der Waals surface area contributed by atoms with Gasteiger partial charge in [0.15, 0.2) is 0 Å². The molecule has 120 valence electrons. The molecular weight excluding hydrogens is 278 g/mol. The summed E-state index contributed by atoms with van der Waals surface area (Å²) >= 11 is 0. The highest BCUT2D eigenvalue weighted by atomic mass is 16.4. The van der Waals surface area contributed by atoms with E-state index in [1.165, 1.54) is 10.5 Å². The van der Waals surface area contributed by atoms with Gasteiger partial charge in [-0.3, -0.25) is 4.79 Å². The zero-order valence-corrected chi connectivity index (χ0v) is 13.6. The van der Waals surface area contributed by atoms with Crippen LogP contribution in [-0.2, 0) is 16.0 Å². The number of carbonyl (C=O) groups excluding carboxylic acids is 1. The molecule has 1 aliphatic rings. The average Bonchev–Trinajstić information content (AvgIpc) is 2.95. The molecule has 0 saturated carbocycles. The van der Waals surface area contributed by atoms with Crippen LogP contribution in [0, 0.1) is 5.92 Å². The molecule has 0 spiro atoms. The maximum Gasteiger partial charge on any atom is 0.326 e. The Morgan fingerprint density at radius 2 is 2.05 bits per heavy atom. The molecule has 1 aromatic carbocycles. The van der Waals surface area contributed by atoms with E-state index < -0.39 is 12.0 Å². The first-order chi connectivity index (χ1) is 10.4. The standard InChI is InChI=1S/C18H25NO3/c1-12(2)10-14-6-4-7-15(11-14)13(3)17(20)19-9-5-8-16(19)18(21)22/h4,6-7,11-13,16H,5,8-10H2,1-3H3,(H,21,22)/t13?,16-/m1/s1. The first-order valence-electron chi connectivity index (χ1n) is 8.02. The van der Waals surface area contributed by atoms with Crippen LogP contribution in [0.5, 0.6) is 0 Å². The Morgan fingerprint density at radius 3 is 2.68 bits per heavy atom. The molecule has 1 saturated heterocycles. The van der Waals surface area contributed by atoms with Crippen molar-refractivity contribution in [2.75, 3.05) is 6.54 Å². The van der Waals surface area contributed by atoms with Crippen molar-refractivity contribution in [2.24, 2.45) is 5.92 Å². The number of benzene rings is 1. The quantitative estimate of drug-likeness (QED) is 0.909. The van der Waals surface area contributed by atoms with Gasteiger partial charge in [0, 0.05) is 6.54 Å². The summed E-state index contributed by atoms with van der Waals surface area (Å²) in [6.45, 7) is 6.76. The fourth-order valence-corrected chi connectivity index (χ4v) is 3.14. The summed E-state index contributed by atoms with van der Waals surface area (Å²) in [5, 5.41) is 9.23. The fourth-order valence-electron chi connectivity index (χ4n) is 3.14. The molecule has 1 N–H and O–H groups in total. The van der Waals surface area contributed by atoms with Crippen LogP contribution in [-0.4, -0.2) is 34.5 Å². The highest BCUT2D eigenvalue weighted by Crippen LogP contribution is 2.25. The van der Waals surface area contributed by atoms with Crippen molar-refractivity contribution in [1.82, 2.24) is 4.90 Å². The Morgan fingerprint density at radius 1 is 1.32 bits per heavy atom. The van der Waals surface area contributed by atoms with Gasteiger partial charge in [-0.25, -0.2) is 4.79 Å². The predicted molar refractivity (Wildman–Crippen MR) is 85.8 cm³/mol. The third-order valence-electron chi connectivity index (χ3n) is 4.29. The van der Waals surface area contributed by atoms with Crippen LogP contribution >= 0.6 is 0 Å². The normalized spacial score (nSPS) is 19.5. The van der Waals surface area contributed by atoms with Gasteiger partial charge in [-0.15, -0.1) is 0 Å². The number of carboxylic acid groups (broad SMARTS) is 1. The first-order valence-corrected chi connectivity index (χ1v) is 8.02. The van der Waals surface area contributed by atoms with Crippen LogP contribution in [0.4, 0.5) is 0 Å². The van der Waals surface area contributed by atoms with E-state index in [1.54, 1.807) is 0 Å². The second kappa shape index (κ2) is 6.95. The number of carbonyl (C=O) groups is 2. The lowest BCUT2D eigenvalue weighted by molar-refractivity contribution is -0.148. The fraction of sp³-hybridized carbons (Fsp3) is 0.556. The lowest BCUT2D eigenvalue weighted by Gasteiger charge is -2.25. The molecule has 0 bridgehead atoms. The van der Waals surface area contributed by atoms with Gasteiger partial charge in [-0.1, -0.05) is 38.1 Å². The number of likely N-dealkylation sites (tertiary alicyclic amines) is 1. The molecule has 0 aliphatic carbocycles. The summed E-state index contributed by atoms with van der Waals surface area (Å²) in [5.74, 6) is -0.707. The Hall–Kier alpha value is -1.84. The van der Waals surface area contributed by atoms with Gasteiger partial charge >= 0.3 is 5.97 Å². The molecule has 1 aromatic rings. The molecule has 0 radical (unpaired) electrons. The van der Waals surface area contributed by atoms with Gasteiger partial charge in [0.25, 0.3) is 0 Å². The van der Waals surface area contributed by atoms with Crippen LogP contribution in [0.1, 0.15) is 50.7 Å². The van der Waals surface area contributed by atoms with Crippen molar-refractivity contribution in [3.05, 3.63) is 35.4 Å². The van der Waals surface area contributed by atoms with E-state index in [9.17, 15) is 14.7 Å². The lowest BCUT2D eigenvalue weighted by Crippen LogP contribution is -2.42. The zero-order valence-electron chi connectivity index (χ0n) is 13.6. The van der Waals surface area contributed by atoms with Gasteiger partial charge in [0.1, 0.15) is 6.04 Å². The number of nitrogens with zero attached hydrogens (tertiary/aromatic N) is 1. The number of amides is 1. The molecule has 0 aromatic heterocycles. The van der Waals surface area contributed by atoms with E-state index in [2.05, 4.69) is 26.0 Å². The minimum Gasteiger partial charge on any atom is -0.480 e. The molecular formula is C18H25NO3. The Bertz CT molecular complexity index is 553. The summed E-state index contributed by atoms with van der Waals surface area (Å²) in [6, 6.07) is 7.44. The van der Waals surface area contributed by atoms with Gasteiger partial charge < -0.3 is 10.0 Å². The van der Waals surface area contributed by atoms with Crippen molar-refractivity contribution in [3.63, 3.8) is 0 Å². The van der Waals surface area contributed by atoms with Crippen LogP contribution in [0.15, 0.2) is 24.3 Å². The van der Waals surface area contributed by atoms with Gasteiger partial charge in [-0.2, -0.15) is 0 Å². The van der Waals surface area contributed by atoms with Gasteiger partial charge in [0.05, 0.1) is 5.92 Å². The third-order valence-corrected chi connectivity index (χ3v) is 4.29. The molecule has 2 atom stereocenters. The maximum atomic E-state index is 12.7. The summed E-state index contributed by atoms with van der Waals surface area (Å²) in [7, 11) is 0. The number of hydrogen-bond donors (Lipinski definition) is 1. The molecule has 1 amide bonds. The van der Waals surface area contributed by atoms with Crippen molar-refractivity contribution >= 4 is 11.9 Å². The van der Waals surface area contributed by atoms with Crippen LogP contribution in [0.3, 0.4) is 0 Å². The summed E-state index contributed by atoms with van der Waals surface area (Å²) < 4.78 is 0. The van der Waals surface area contributed by atoms with E-state index in [1.807, 2.05) is 19.1 Å². The van der Waals surface area contributed by atoms with E-state index in [0.29, 0.717) is 18.9 Å². The SMILES string of the molecule is CC(C)Cc1cccc(C(C)C(=O)N2CCC[C@@H]2C(=O)O)c1. The predicted octanol–water partition coefficient (Wildman–Crippen LogP) is 3.06. The monoisotopic (exact) mass is 303 g/mol. The topological polar surface area (TPSA) is 57.6 Å². The highest BCUT2D eigenvalue weighted by molar-refractivity contribution is 5.88. The summed E-state index contributed by atoms with van der Waals surface area (Å²) in [5.41, 5.74) is 2.20. The van der Waals surface area contributed by atoms with E-state index in [-0.39, 0.29) is 11.8 Å². The van der Waals surface area contributed by atoms with Gasteiger partial charge in [-0.05, 0) is 43.2 Å². The number of carboxylic acids is 1. The van der Waals surface area contributed by atoms with Crippen molar-refractivity contribution < 1.29 is 14.7 Å². The Labute approximate surface area is 132 Å². The van der Waals surface area contributed by atoms with E-state index in [0.717, 1.165) is 18.4 Å². The number of rotatable bonds is 5. The molecule has 1 unspecified atom stereocenters. The third kappa shape index (κ3) is 3.67. The summed E-state index contributed by atoms with van der Waals surface area (Å²) in [6.07, 6.45) is 2.31. The lowest BCUT2D eigenvalue weighted by atomic mass is 9.94. The number of hydrogen-bond acceptors (Lipinski definition) is 2.